The number of carbonyl (C=O) groups is 1. The molecular formula is C17H22BrClN4O. The molecule has 24 heavy (non-hydrogen) atoms. The molecule has 1 atom stereocenters. The van der Waals surface area contributed by atoms with Crippen molar-refractivity contribution in [1.29, 1.82) is 0 Å². The Hall–Kier alpha value is -1.37. The van der Waals surface area contributed by atoms with Crippen LogP contribution in [0.15, 0.2) is 34.8 Å². The molecule has 2 heterocycles. The molecule has 0 aliphatic carbocycles. The average molecular weight is 414 g/mol. The van der Waals surface area contributed by atoms with Crippen LogP contribution in [-0.4, -0.2) is 40.2 Å². The fourth-order valence-corrected chi connectivity index (χ4v) is 3.21. The van der Waals surface area contributed by atoms with E-state index in [-0.39, 0.29) is 23.7 Å². The summed E-state index contributed by atoms with van der Waals surface area (Å²) in [6.45, 7) is 6.14. The Morgan fingerprint density at radius 3 is 2.62 bits per heavy atom. The molecule has 0 radical (unpaired) electrons. The van der Waals surface area contributed by atoms with Crippen molar-refractivity contribution < 1.29 is 4.79 Å². The topological polar surface area (TPSA) is 64.2 Å². The fourth-order valence-electron chi connectivity index (χ4n) is 2.95. The van der Waals surface area contributed by atoms with E-state index in [1.54, 1.807) is 4.68 Å². The van der Waals surface area contributed by atoms with Crippen LogP contribution in [0.4, 0.5) is 0 Å². The summed E-state index contributed by atoms with van der Waals surface area (Å²) in [4.78, 5) is 14.6. The lowest BCUT2D eigenvalue weighted by Gasteiger charge is -2.22. The van der Waals surface area contributed by atoms with E-state index in [4.69, 9.17) is 5.73 Å². The largest absolute Gasteiger partial charge is 0.337 e. The summed E-state index contributed by atoms with van der Waals surface area (Å²) in [6, 6.07) is 9.72. The lowest BCUT2D eigenvalue weighted by Crippen LogP contribution is -2.34. The van der Waals surface area contributed by atoms with E-state index in [0.717, 1.165) is 28.8 Å². The molecule has 1 aliphatic heterocycles. The fraction of sp³-hybridized carbons (Fsp3) is 0.412. The molecule has 1 amide bonds. The predicted molar refractivity (Wildman–Crippen MR) is 101 cm³/mol. The summed E-state index contributed by atoms with van der Waals surface area (Å²) >= 11 is 3.43. The summed E-state index contributed by atoms with van der Waals surface area (Å²) in [5.41, 5.74) is 8.23. The van der Waals surface area contributed by atoms with Gasteiger partial charge in [-0.3, -0.25) is 4.79 Å². The molecule has 1 aromatic carbocycles. The second-order valence-corrected chi connectivity index (χ2v) is 7.47. The summed E-state index contributed by atoms with van der Waals surface area (Å²) in [7, 11) is 0. The van der Waals surface area contributed by atoms with Crippen molar-refractivity contribution >= 4 is 34.2 Å². The molecule has 0 saturated carbocycles. The van der Waals surface area contributed by atoms with Crippen molar-refractivity contribution in [1.82, 2.24) is 14.7 Å². The number of benzene rings is 1. The Kier molecular flexibility index (Phi) is 5.73. The molecule has 1 aliphatic rings. The second kappa shape index (κ2) is 7.25. The quantitative estimate of drug-likeness (QED) is 0.840. The van der Waals surface area contributed by atoms with E-state index in [1.165, 1.54) is 0 Å². The first-order valence-electron chi connectivity index (χ1n) is 7.74. The maximum Gasteiger partial charge on any atom is 0.274 e. The van der Waals surface area contributed by atoms with Gasteiger partial charge in [-0.25, -0.2) is 4.68 Å². The van der Waals surface area contributed by atoms with Gasteiger partial charge in [-0.1, -0.05) is 22.9 Å². The predicted octanol–water partition coefficient (Wildman–Crippen LogP) is 3.18. The molecule has 1 unspecified atom stereocenters. The molecule has 130 valence electrons. The van der Waals surface area contributed by atoms with E-state index < -0.39 is 0 Å². The van der Waals surface area contributed by atoms with Crippen molar-refractivity contribution in [2.45, 2.75) is 20.3 Å². The molecule has 0 spiro atoms. The van der Waals surface area contributed by atoms with Crippen LogP contribution in [0.3, 0.4) is 0 Å². The minimum absolute atomic E-state index is 0. The van der Waals surface area contributed by atoms with Crippen molar-refractivity contribution in [3.8, 4) is 5.69 Å². The van der Waals surface area contributed by atoms with Gasteiger partial charge in [0.05, 0.1) is 5.69 Å². The number of aryl methyl sites for hydroxylation is 1. The molecule has 0 bridgehead atoms. The van der Waals surface area contributed by atoms with Crippen molar-refractivity contribution in [2.75, 3.05) is 19.6 Å². The molecule has 2 aromatic rings. The summed E-state index contributed by atoms with van der Waals surface area (Å²) in [5, 5.41) is 4.51. The number of nitrogens with zero attached hydrogens (tertiary/aromatic N) is 3. The zero-order valence-electron chi connectivity index (χ0n) is 13.8. The third-order valence-electron chi connectivity index (χ3n) is 4.52. The van der Waals surface area contributed by atoms with Gasteiger partial charge in [0.25, 0.3) is 5.91 Å². The average Bonchev–Trinajstić information content (AvgIpc) is 3.12. The standard InChI is InChI=1S/C17H21BrN4O.ClH/c1-12-9-15(16(23)21-8-7-17(2,10-19)11-21)20-22(12)14-5-3-13(18)4-6-14;/h3-6,9H,7-8,10-11,19H2,1-2H3;1H. The van der Waals surface area contributed by atoms with Gasteiger partial charge in [0, 0.05) is 23.3 Å². The maximum atomic E-state index is 12.7. The van der Waals surface area contributed by atoms with Gasteiger partial charge in [-0.2, -0.15) is 5.10 Å². The number of amides is 1. The molecule has 2 N–H and O–H groups in total. The molecule has 1 fully saturated rings. The van der Waals surface area contributed by atoms with E-state index >= 15 is 0 Å². The molecular weight excluding hydrogens is 392 g/mol. The highest BCUT2D eigenvalue weighted by atomic mass is 79.9. The zero-order chi connectivity index (χ0) is 16.6. The summed E-state index contributed by atoms with van der Waals surface area (Å²) in [6.07, 6.45) is 0.946. The number of likely N-dealkylation sites (tertiary alicyclic amines) is 1. The first-order chi connectivity index (χ1) is 10.9. The number of nitrogens with two attached hydrogens (primary N) is 1. The van der Waals surface area contributed by atoms with Gasteiger partial charge < -0.3 is 10.6 Å². The number of hydrogen-bond acceptors (Lipinski definition) is 3. The summed E-state index contributed by atoms with van der Waals surface area (Å²) < 4.78 is 2.82. The van der Waals surface area contributed by atoms with Gasteiger partial charge >= 0.3 is 0 Å². The zero-order valence-corrected chi connectivity index (χ0v) is 16.2. The first-order valence-corrected chi connectivity index (χ1v) is 8.53. The summed E-state index contributed by atoms with van der Waals surface area (Å²) in [5.74, 6) is -0.0128. The lowest BCUT2D eigenvalue weighted by molar-refractivity contribution is 0.0770. The van der Waals surface area contributed by atoms with Crippen molar-refractivity contribution in [2.24, 2.45) is 11.1 Å². The van der Waals surface area contributed by atoms with Crippen LogP contribution in [0, 0.1) is 12.3 Å². The number of carbonyl (C=O) groups excluding carboxylic acids is 1. The highest BCUT2D eigenvalue weighted by molar-refractivity contribution is 9.10. The third-order valence-corrected chi connectivity index (χ3v) is 5.04. The lowest BCUT2D eigenvalue weighted by atomic mass is 9.90. The van der Waals surface area contributed by atoms with Crippen LogP contribution in [-0.2, 0) is 0 Å². The van der Waals surface area contributed by atoms with E-state index in [1.807, 2.05) is 42.2 Å². The smallest absolute Gasteiger partial charge is 0.274 e. The Morgan fingerprint density at radius 2 is 2.04 bits per heavy atom. The Bertz CT molecular complexity index is 731. The molecule has 3 rings (SSSR count). The molecule has 5 nitrogen and oxygen atoms in total. The SMILES string of the molecule is Cc1cc(C(=O)N2CCC(C)(CN)C2)nn1-c1ccc(Br)cc1.Cl. The Balaban J connectivity index is 0.00000208. The molecule has 7 heteroatoms. The third kappa shape index (κ3) is 3.66. The van der Waals surface area contributed by atoms with Crippen LogP contribution in [0.2, 0.25) is 0 Å². The minimum Gasteiger partial charge on any atom is -0.337 e. The van der Waals surface area contributed by atoms with Gasteiger partial charge in [0.2, 0.25) is 0 Å². The van der Waals surface area contributed by atoms with Gasteiger partial charge in [-0.15, -0.1) is 12.4 Å². The van der Waals surface area contributed by atoms with E-state index in [9.17, 15) is 4.79 Å². The highest BCUT2D eigenvalue weighted by Crippen LogP contribution is 2.29. The van der Waals surface area contributed by atoms with Gasteiger partial charge in [0.15, 0.2) is 5.69 Å². The minimum atomic E-state index is -0.0128. The van der Waals surface area contributed by atoms with Crippen LogP contribution in [0.1, 0.15) is 29.5 Å². The van der Waals surface area contributed by atoms with Crippen LogP contribution < -0.4 is 5.73 Å². The first kappa shape index (κ1) is 19.0. The van der Waals surface area contributed by atoms with Crippen LogP contribution in [0.5, 0.6) is 0 Å². The van der Waals surface area contributed by atoms with Gasteiger partial charge in [-0.05, 0) is 55.6 Å². The second-order valence-electron chi connectivity index (χ2n) is 6.55. The van der Waals surface area contributed by atoms with E-state index in [2.05, 4.69) is 28.0 Å². The van der Waals surface area contributed by atoms with Gasteiger partial charge in [0.1, 0.15) is 0 Å². The Labute approximate surface area is 156 Å². The number of aromatic nitrogens is 2. The van der Waals surface area contributed by atoms with E-state index in [0.29, 0.717) is 18.8 Å². The van der Waals surface area contributed by atoms with Crippen LogP contribution >= 0.6 is 28.3 Å². The molecule has 1 aromatic heterocycles. The van der Waals surface area contributed by atoms with Crippen LogP contribution in [0.25, 0.3) is 5.69 Å². The normalized spacial score (nSPS) is 20.1. The van der Waals surface area contributed by atoms with Crippen molar-refractivity contribution in [3.05, 3.63) is 46.2 Å². The number of halogens is 2. The maximum absolute atomic E-state index is 12.7. The van der Waals surface area contributed by atoms with Crippen molar-refractivity contribution in [3.63, 3.8) is 0 Å². The number of hydrogen-bond donors (Lipinski definition) is 1. The Morgan fingerprint density at radius 1 is 1.38 bits per heavy atom. The number of rotatable bonds is 3. The monoisotopic (exact) mass is 412 g/mol. The highest BCUT2D eigenvalue weighted by Gasteiger charge is 2.35. The molecule has 1 saturated heterocycles.